The van der Waals surface area contributed by atoms with Crippen LogP contribution in [0.25, 0.3) is 11.1 Å². The largest absolute Gasteiger partial charge is 0.355 e. The quantitative estimate of drug-likeness (QED) is 0.662. The highest BCUT2D eigenvalue weighted by atomic mass is 19.1. The lowest BCUT2D eigenvalue weighted by molar-refractivity contribution is -0.125. The molecule has 4 rings (SSSR count). The zero-order valence-electron chi connectivity index (χ0n) is 19.5. The van der Waals surface area contributed by atoms with Gasteiger partial charge in [-0.3, -0.25) is 9.69 Å². The third kappa shape index (κ3) is 6.48. The van der Waals surface area contributed by atoms with Gasteiger partial charge in [0.25, 0.3) is 0 Å². The number of benzene rings is 1. The van der Waals surface area contributed by atoms with Crippen molar-refractivity contribution in [1.82, 2.24) is 25.1 Å². The van der Waals surface area contributed by atoms with E-state index in [1.807, 2.05) is 6.07 Å². The molecule has 0 aliphatic carbocycles. The minimum absolute atomic E-state index is 0.0494. The Bertz CT molecular complexity index is 900. The highest BCUT2D eigenvalue weighted by Gasteiger charge is 2.27. The Morgan fingerprint density at radius 1 is 1.06 bits per heavy atom. The van der Waals surface area contributed by atoms with E-state index in [1.165, 1.54) is 25.1 Å². The third-order valence-electron chi connectivity index (χ3n) is 6.60. The van der Waals surface area contributed by atoms with Gasteiger partial charge in [0.15, 0.2) is 0 Å². The predicted octanol–water partition coefficient (Wildman–Crippen LogP) is 2.64. The summed E-state index contributed by atoms with van der Waals surface area (Å²) in [4.78, 5) is 28.8. The van der Waals surface area contributed by atoms with E-state index >= 15 is 0 Å². The average molecular weight is 455 g/mol. The number of amides is 1. The van der Waals surface area contributed by atoms with Crippen molar-refractivity contribution in [1.29, 1.82) is 0 Å². The first-order chi connectivity index (χ1) is 16.1. The summed E-state index contributed by atoms with van der Waals surface area (Å²) in [6.45, 7) is 10.9. The molecule has 2 aliphatic heterocycles. The highest BCUT2D eigenvalue weighted by molar-refractivity contribution is 5.79. The minimum Gasteiger partial charge on any atom is -0.355 e. The van der Waals surface area contributed by atoms with Crippen LogP contribution in [0.15, 0.2) is 36.7 Å². The van der Waals surface area contributed by atoms with E-state index < -0.39 is 0 Å². The maximum Gasteiger partial charge on any atom is 0.225 e. The third-order valence-corrected chi connectivity index (χ3v) is 6.60. The minimum atomic E-state index is -0.278. The van der Waals surface area contributed by atoms with E-state index in [0.29, 0.717) is 19.0 Å². The van der Waals surface area contributed by atoms with Gasteiger partial charge in [-0.15, -0.1) is 0 Å². The van der Waals surface area contributed by atoms with Crippen LogP contribution in [0, 0.1) is 11.7 Å². The van der Waals surface area contributed by atoms with E-state index in [2.05, 4.69) is 36.9 Å². The maximum atomic E-state index is 13.5. The summed E-state index contributed by atoms with van der Waals surface area (Å²) in [7, 11) is 0. The molecule has 8 heteroatoms. The first kappa shape index (κ1) is 23.6. The summed E-state index contributed by atoms with van der Waals surface area (Å²) in [5.41, 5.74) is 1.53. The molecule has 2 aliphatic rings. The van der Waals surface area contributed by atoms with Crippen LogP contribution in [0.3, 0.4) is 0 Å². The van der Waals surface area contributed by atoms with Gasteiger partial charge < -0.3 is 15.1 Å². The number of aromatic nitrogens is 2. The Hall–Kier alpha value is -2.58. The number of hydrogen-bond acceptors (Lipinski definition) is 6. The maximum absolute atomic E-state index is 13.5. The van der Waals surface area contributed by atoms with Crippen molar-refractivity contribution in [3.8, 4) is 11.1 Å². The molecule has 0 bridgehead atoms. The SMILES string of the molecule is CCCN1CCN(CCNC(=O)C2CCCN(c3ncc(-c4cccc(F)c4)cn3)C2)CC1. The zero-order valence-corrected chi connectivity index (χ0v) is 19.5. The Morgan fingerprint density at radius 2 is 1.79 bits per heavy atom. The molecule has 1 unspecified atom stereocenters. The molecule has 1 aromatic carbocycles. The number of anilines is 1. The fourth-order valence-corrected chi connectivity index (χ4v) is 4.71. The number of nitrogens with zero attached hydrogens (tertiary/aromatic N) is 5. The van der Waals surface area contributed by atoms with Crippen molar-refractivity contribution in [2.75, 3.05) is 63.8 Å². The molecule has 1 atom stereocenters. The molecule has 178 valence electrons. The van der Waals surface area contributed by atoms with Gasteiger partial charge in [0.2, 0.25) is 11.9 Å². The number of rotatable bonds is 8. The van der Waals surface area contributed by atoms with Crippen molar-refractivity contribution < 1.29 is 9.18 Å². The van der Waals surface area contributed by atoms with Crippen LogP contribution in [0.5, 0.6) is 0 Å². The van der Waals surface area contributed by atoms with Gasteiger partial charge >= 0.3 is 0 Å². The number of hydrogen-bond donors (Lipinski definition) is 1. The average Bonchev–Trinajstić information content (AvgIpc) is 2.85. The molecule has 0 spiro atoms. The summed E-state index contributed by atoms with van der Waals surface area (Å²) in [5.74, 6) is 0.421. The van der Waals surface area contributed by atoms with Crippen LogP contribution in [-0.2, 0) is 4.79 Å². The predicted molar refractivity (Wildman–Crippen MR) is 129 cm³/mol. The monoisotopic (exact) mass is 454 g/mol. The first-order valence-electron chi connectivity index (χ1n) is 12.2. The Kier molecular flexibility index (Phi) is 8.23. The first-order valence-corrected chi connectivity index (χ1v) is 12.2. The number of nitrogens with one attached hydrogen (secondary N) is 1. The number of carbonyl (C=O) groups is 1. The van der Waals surface area contributed by atoms with Crippen LogP contribution in [0.1, 0.15) is 26.2 Å². The van der Waals surface area contributed by atoms with Crippen LogP contribution < -0.4 is 10.2 Å². The number of piperidine rings is 1. The molecule has 0 radical (unpaired) electrons. The molecular weight excluding hydrogens is 419 g/mol. The summed E-state index contributed by atoms with van der Waals surface area (Å²) in [6, 6.07) is 6.42. The molecule has 0 saturated carbocycles. The zero-order chi connectivity index (χ0) is 23.0. The highest BCUT2D eigenvalue weighted by Crippen LogP contribution is 2.23. The number of piperazine rings is 1. The molecule has 2 aromatic rings. The van der Waals surface area contributed by atoms with Crippen LogP contribution in [-0.4, -0.2) is 84.6 Å². The van der Waals surface area contributed by atoms with Crippen LogP contribution in [0.4, 0.5) is 10.3 Å². The Labute approximate surface area is 196 Å². The molecule has 33 heavy (non-hydrogen) atoms. The topological polar surface area (TPSA) is 64.6 Å². The van der Waals surface area contributed by atoms with Crippen molar-refractivity contribution in [2.24, 2.45) is 5.92 Å². The fraction of sp³-hybridized carbons (Fsp3) is 0.560. The van der Waals surface area contributed by atoms with E-state index in [4.69, 9.17) is 0 Å². The Morgan fingerprint density at radius 3 is 2.48 bits per heavy atom. The van der Waals surface area contributed by atoms with Gasteiger partial charge in [-0.2, -0.15) is 0 Å². The normalized spacial score (nSPS) is 20.1. The molecule has 7 nitrogen and oxygen atoms in total. The van der Waals surface area contributed by atoms with Crippen molar-refractivity contribution in [3.05, 3.63) is 42.5 Å². The van der Waals surface area contributed by atoms with Crippen LogP contribution in [0.2, 0.25) is 0 Å². The molecule has 2 fully saturated rings. The summed E-state index contributed by atoms with van der Waals surface area (Å²) in [6.07, 6.45) is 6.48. The second-order valence-corrected chi connectivity index (χ2v) is 9.04. The van der Waals surface area contributed by atoms with Gasteiger partial charge in [-0.1, -0.05) is 19.1 Å². The van der Waals surface area contributed by atoms with Gasteiger partial charge in [-0.05, 0) is 43.5 Å². The van der Waals surface area contributed by atoms with Crippen molar-refractivity contribution >= 4 is 11.9 Å². The number of halogens is 1. The number of carbonyl (C=O) groups excluding carboxylic acids is 1. The lowest BCUT2D eigenvalue weighted by Crippen LogP contribution is -2.49. The summed E-state index contributed by atoms with van der Waals surface area (Å²) in [5, 5.41) is 3.15. The lowest BCUT2D eigenvalue weighted by atomic mass is 9.97. The van der Waals surface area contributed by atoms with Crippen molar-refractivity contribution in [2.45, 2.75) is 26.2 Å². The van der Waals surface area contributed by atoms with Gasteiger partial charge in [-0.25, -0.2) is 14.4 Å². The van der Waals surface area contributed by atoms with Gasteiger partial charge in [0.05, 0.1) is 5.92 Å². The fourth-order valence-electron chi connectivity index (χ4n) is 4.71. The second-order valence-electron chi connectivity index (χ2n) is 9.04. The molecule has 3 heterocycles. The van der Waals surface area contributed by atoms with Crippen LogP contribution >= 0.6 is 0 Å². The smallest absolute Gasteiger partial charge is 0.225 e. The molecule has 1 amide bonds. The van der Waals surface area contributed by atoms with E-state index in [9.17, 15) is 9.18 Å². The molecular formula is C25H35FN6O. The summed E-state index contributed by atoms with van der Waals surface area (Å²) < 4.78 is 13.5. The molecule has 1 N–H and O–H groups in total. The lowest BCUT2D eigenvalue weighted by Gasteiger charge is -2.35. The van der Waals surface area contributed by atoms with Crippen molar-refractivity contribution in [3.63, 3.8) is 0 Å². The summed E-state index contributed by atoms with van der Waals surface area (Å²) >= 11 is 0. The molecule has 2 saturated heterocycles. The van der Waals surface area contributed by atoms with Gasteiger partial charge in [0.1, 0.15) is 5.82 Å². The van der Waals surface area contributed by atoms with E-state index in [0.717, 1.165) is 63.2 Å². The molecule has 1 aromatic heterocycles. The van der Waals surface area contributed by atoms with E-state index in [-0.39, 0.29) is 17.6 Å². The van der Waals surface area contributed by atoms with Gasteiger partial charge in [0, 0.05) is 70.3 Å². The van der Waals surface area contributed by atoms with E-state index in [1.54, 1.807) is 18.5 Å². The Balaban J connectivity index is 1.24. The standard InChI is InChI=1S/C25H35FN6O/c1-2-9-30-12-14-31(15-13-30)11-8-27-24(33)21-6-4-10-32(19-21)25-28-17-22(18-29-25)20-5-3-7-23(26)16-20/h3,5,7,16-18,21H,2,4,6,8-15,19H2,1H3,(H,27,33). The second kappa shape index (κ2) is 11.5.